The summed E-state index contributed by atoms with van der Waals surface area (Å²) >= 11 is 0. The Labute approximate surface area is 98.2 Å². The lowest BCUT2D eigenvalue weighted by Gasteiger charge is -2.37. The number of rotatable bonds is 4. The lowest BCUT2D eigenvalue weighted by molar-refractivity contribution is -0.123. The van der Waals surface area contributed by atoms with Crippen LogP contribution in [0.4, 0.5) is 0 Å². The van der Waals surface area contributed by atoms with E-state index in [1.165, 1.54) is 25.7 Å². The molecule has 2 saturated carbocycles. The highest BCUT2D eigenvalue weighted by Crippen LogP contribution is 2.32. The quantitative estimate of drug-likeness (QED) is 0.765. The van der Waals surface area contributed by atoms with Crippen molar-refractivity contribution < 1.29 is 4.79 Å². The molecule has 2 atom stereocenters. The van der Waals surface area contributed by atoms with Crippen LogP contribution in [0.25, 0.3) is 0 Å². The van der Waals surface area contributed by atoms with E-state index < -0.39 is 0 Å². The topological polar surface area (TPSA) is 55.1 Å². The van der Waals surface area contributed by atoms with Crippen molar-refractivity contribution in [3.63, 3.8) is 0 Å². The number of carbonyl (C=O) groups is 1. The van der Waals surface area contributed by atoms with Crippen LogP contribution in [-0.4, -0.2) is 18.0 Å². The lowest BCUT2D eigenvalue weighted by Crippen LogP contribution is -2.50. The molecule has 3 nitrogen and oxygen atoms in total. The Morgan fingerprint density at radius 2 is 2.12 bits per heavy atom. The van der Waals surface area contributed by atoms with E-state index in [4.69, 9.17) is 5.73 Å². The van der Waals surface area contributed by atoms with Crippen molar-refractivity contribution in [1.82, 2.24) is 5.32 Å². The summed E-state index contributed by atoms with van der Waals surface area (Å²) in [6, 6.07) is 0. The highest BCUT2D eigenvalue weighted by molar-refractivity contribution is 5.77. The third kappa shape index (κ3) is 2.76. The zero-order valence-corrected chi connectivity index (χ0v) is 10.3. The summed E-state index contributed by atoms with van der Waals surface area (Å²) in [6.45, 7) is 3.15. The van der Waals surface area contributed by atoms with Gasteiger partial charge in [0.25, 0.3) is 0 Å². The van der Waals surface area contributed by atoms with Crippen LogP contribution in [0.2, 0.25) is 0 Å². The minimum atomic E-state index is -0.175. The SMILES string of the molecule is CC1CCCC1CNC(=O)CC1(N)CCC1. The molecule has 3 N–H and O–H groups in total. The standard InChI is InChI=1S/C13H24N2O/c1-10-4-2-5-11(10)9-15-12(16)8-13(14)6-3-7-13/h10-11H,2-9,14H2,1H3,(H,15,16). The van der Waals surface area contributed by atoms with Gasteiger partial charge in [-0.1, -0.05) is 19.8 Å². The normalized spacial score (nSPS) is 32.1. The van der Waals surface area contributed by atoms with E-state index >= 15 is 0 Å². The highest BCUT2D eigenvalue weighted by Gasteiger charge is 2.34. The van der Waals surface area contributed by atoms with Gasteiger partial charge in [-0.25, -0.2) is 0 Å². The van der Waals surface area contributed by atoms with Crippen molar-refractivity contribution in [2.45, 2.75) is 57.4 Å². The fraction of sp³-hybridized carbons (Fsp3) is 0.923. The van der Waals surface area contributed by atoms with Gasteiger partial charge in [0.2, 0.25) is 5.91 Å². The molecule has 2 aliphatic rings. The van der Waals surface area contributed by atoms with Crippen molar-refractivity contribution >= 4 is 5.91 Å². The summed E-state index contributed by atoms with van der Waals surface area (Å²) < 4.78 is 0. The molecule has 0 radical (unpaired) electrons. The fourth-order valence-corrected chi connectivity index (χ4v) is 2.96. The van der Waals surface area contributed by atoms with Crippen LogP contribution in [0.5, 0.6) is 0 Å². The van der Waals surface area contributed by atoms with Gasteiger partial charge in [-0.3, -0.25) is 4.79 Å². The van der Waals surface area contributed by atoms with Gasteiger partial charge in [0.15, 0.2) is 0 Å². The lowest BCUT2D eigenvalue weighted by atomic mass is 9.75. The largest absolute Gasteiger partial charge is 0.356 e. The molecule has 0 aromatic carbocycles. The fourth-order valence-electron chi connectivity index (χ4n) is 2.96. The molecule has 2 rings (SSSR count). The molecule has 0 spiro atoms. The third-order valence-electron chi connectivity index (χ3n) is 4.46. The molecule has 0 aliphatic heterocycles. The van der Waals surface area contributed by atoms with Crippen LogP contribution in [0.1, 0.15) is 51.9 Å². The van der Waals surface area contributed by atoms with E-state index in [2.05, 4.69) is 12.2 Å². The summed E-state index contributed by atoms with van der Waals surface area (Å²) in [7, 11) is 0. The second-order valence-corrected chi connectivity index (χ2v) is 5.87. The number of hydrogen-bond donors (Lipinski definition) is 2. The summed E-state index contributed by atoms with van der Waals surface area (Å²) in [5, 5.41) is 3.06. The van der Waals surface area contributed by atoms with Crippen molar-refractivity contribution in [1.29, 1.82) is 0 Å². The molecule has 1 amide bonds. The summed E-state index contributed by atoms with van der Waals surface area (Å²) in [6.07, 6.45) is 7.65. The monoisotopic (exact) mass is 224 g/mol. The first-order chi connectivity index (χ1) is 7.59. The van der Waals surface area contributed by atoms with Crippen LogP contribution >= 0.6 is 0 Å². The van der Waals surface area contributed by atoms with Gasteiger partial charge >= 0.3 is 0 Å². The molecule has 2 aliphatic carbocycles. The second kappa shape index (κ2) is 4.74. The van der Waals surface area contributed by atoms with E-state index in [1.807, 2.05) is 0 Å². The number of hydrogen-bond acceptors (Lipinski definition) is 2. The number of amides is 1. The minimum absolute atomic E-state index is 0.154. The van der Waals surface area contributed by atoms with Gasteiger partial charge in [0, 0.05) is 18.5 Å². The Kier molecular flexibility index (Phi) is 3.53. The maximum absolute atomic E-state index is 11.7. The average molecular weight is 224 g/mol. The summed E-state index contributed by atoms with van der Waals surface area (Å²) in [4.78, 5) is 11.7. The first-order valence-electron chi connectivity index (χ1n) is 6.65. The molecule has 0 aromatic heterocycles. The van der Waals surface area contributed by atoms with E-state index in [0.717, 1.165) is 25.3 Å². The van der Waals surface area contributed by atoms with Crippen LogP contribution in [0.3, 0.4) is 0 Å². The van der Waals surface area contributed by atoms with Crippen molar-refractivity contribution in [3.05, 3.63) is 0 Å². The molecule has 3 heteroatoms. The van der Waals surface area contributed by atoms with E-state index in [9.17, 15) is 4.79 Å². The molecule has 0 heterocycles. The van der Waals surface area contributed by atoms with E-state index in [-0.39, 0.29) is 11.4 Å². The van der Waals surface area contributed by atoms with Gasteiger partial charge in [0.1, 0.15) is 0 Å². The van der Waals surface area contributed by atoms with E-state index in [1.54, 1.807) is 0 Å². The molecule has 92 valence electrons. The molecule has 0 aromatic rings. The van der Waals surface area contributed by atoms with Crippen LogP contribution < -0.4 is 11.1 Å². The Hall–Kier alpha value is -0.570. The second-order valence-electron chi connectivity index (χ2n) is 5.87. The van der Waals surface area contributed by atoms with Crippen molar-refractivity contribution in [2.75, 3.05) is 6.54 Å². The third-order valence-corrected chi connectivity index (χ3v) is 4.46. The summed E-state index contributed by atoms with van der Waals surface area (Å²) in [5.41, 5.74) is 5.88. The first kappa shape index (κ1) is 11.9. The molecule has 0 bridgehead atoms. The maximum atomic E-state index is 11.7. The van der Waals surface area contributed by atoms with Gasteiger partial charge in [0.05, 0.1) is 0 Å². The predicted molar refractivity (Wildman–Crippen MR) is 64.9 cm³/mol. The zero-order valence-electron chi connectivity index (χ0n) is 10.3. The van der Waals surface area contributed by atoms with E-state index in [0.29, 0.717) is 12.3 Å². The van der Waals surface area contributed by atoms with Gasteiger partial charge in [-0.2, -0.15) is 0 Å². The first-order valence-corrected chi connectivity index (χ1v) is 6.65. The molecule has 16 heavy (non-hydrogen) atoms. The Morgan fingerprint density at radius 3 is 2.62 bits per heavy atom. The van der Waals surface area contributed by atoms with Crippen molar-refractivity contribution in [3.8, 4) is 0 Å². The average Bonchev–Trinajstić information content (AvgIpc) is 2.59. The molecule has 2 unspecified atom stereocenters. The van der Waals surface area contributed by atoms with Crippen LogP contribution in [-0.2, 0) is 4.79 Å². The zero-order chi connectivity index (χ0) is 11.6. The molecular formula is C13H24N2O. The molecule has 2 fully saturated rings. The Balaban J connectivity index is 1.67. The van der Waals surface area contributed by atoms with Gasteiger partial charge in [-0.05, 0) is 37.5 Å². The molecular weight excluding hydrogens is 200 g/mol. The Morgan fingerprint density at radius 1 is 1.38 bits per heavy atom. The molecule has 0 saturated heterocycles. The number of nitrogens with one attached hydrogen (secondary N) is 1. The van der Waals surface area contributed by atoms with Gasteiger partial charge in [-0.15, -0.1) is 0 Å². The minimum Gasteiger partial charge on any atom is -0.356 e. The maximum Gasteiger partial charge on any atom is 0.221 e. The van der Waals surface area contributed by atoms with Crippen LogP contribution in [0, 0.1) is 11.8 Å². The highest BCUT2D eigenvalue weighted by atomic mass is 16.1. The smallest absolute Gasteiger partial charge is 0.221 e. The number of carbonyl (C=O) groups excluding carboxylic acids is 1. The predicted octanol–water partition coefficient (Wildman–Crippen LogP) is 1.81. The van der Waals surface area contributed by atoms with Crippen molar-refractivity contribution in [2.24, 2.45) is 17.6 Å². The Bertz CT molecular complexity index is 261. The van der Waals surface area contributed by atoms with Gasteiger partial charge < -0.3 is 11.1 Å². The van der Waals surface area contributed by atoms with Crippen LogP contribution in [0.15, 0.2) is 0 Å². The number of nitrogens with two attached hydrogens (primary N) is 1. The summed E-state index contributed by atoms with van der Waals surface area (Å²) in [5.74, 6) is 1.62.